The Morgan fingerprint density at radius 1 is 1.12 bits per heavy atom. The van der Waals surface area contributed by atoms with Crippen molar-refractivity contribution in [1.29, 1.82) is 0 Å². The minimum Gasteiger partial charge on any atom is -0.481 e. The number of pyridine rings is 2. The zero-order chi connectivity index (χ0) is 24.5. The van der Waals surface area contributed by atoms with Crippen LogP contribution in [0, 0.1) is 12.3 Å². The van der Waals surface area contributed by atoms with Crippen molar-refractivity contribution in [3.63, 3.8) is 0 Å². The lowest BCUT2D eigenvalue weighted by Gasteiger charge is -2.21. The average Bonchev–Trinajstić information content (AvgIpc) is 3.21. The van der Waals surface area contributed by atoms with Gasteiger partial charge in [0.15, 0.2) is 0 Å². The van der Waals surface area contributed by atoms with Crippen molar-refractivity contribution in [3.8, 4) is 11.3 Å². The summed E-state index contributed by atoms with van der Waals surface area (Å²) >= 11 is 1.13. The summed E-state index contributed by atoms with van der Waals surface area (Å²) in [5.74, 6) is 0.0841. The first-order chi connectivity index (χ1) is 16.1. The summed E-state index contributed by atoms with van der Waals surface area (Å²) < 4.78 is 43.9. The van der Waals surface area contributed by atoms with Crippen molar-refractivity contribution < 1.29 is 23.1 Å². The van der Waals surface area contributed by atoms with E-state index in [1.165, 1.54) is 6.07 Å². The van der Waals surface area contributed by atoms with E-state index in [9.17, 15) is 23.1 Å². The normalized spacial score (nSPS) is 18.2. The van der Waals surface area contributed by atoms with Crippen molar-refractivity contribution in [2.45, 2.75) is 31.5 Å². The minimum atomic E-state index is -4.54. The molecule has 1 aliphatic heterocycles. The molecule has 1 saturated heterocycles. The number of carbonyl (C=O) groups is 1. The molecular formula is C24H23F3N4O2S. The number of halogens is 3. The van der Waals surface area contributed by atoms with Crippen LogP contribution in [0.3, 0.4) is 0 Å². The molecule has 34 heavy (non-hydrogen) atoms. The number of benzene rings is 1. The second-order valence-corrected chi connectivity index (χ2v) is 9.31. The number of rotatable bonds is 6. The number of carboxylic acid groups (broad SMARTS) is 1. The second kappa shape index (κ2) is 9.17. The van der Waals surface area contributed by atoms with E-state index in [-0.39, 0.29) is 11.5 Å². The van der Waals surface area contributed by atoms with Crippen molar-refractivity contribution in [3.05, 3.63) is 65.7 Å². The molecule has 3 heterocycles. The largest absolute Gasteiger partial charge is 0.481 e. The Morgan fingerprint density at radius 3 is 2.56 bits per heavy atom. The van der Waals surface area contributed by atoms with Gasteiger partial charge in [0.2, 0.25) is 0 Å². The lowest BCUT2D eigenvalue weighted by atomic mass is 9.90. The molecule has 4 rings (SSSR count). The smallest absolute Gasteiger partial charge is 0.418 e. The minimum absolute atomic E-state index is 0.136. The highest BCUT2D eigenvalue weighted by atomic mass is 32.2. The van der Waals surface area contributed by atoms with E-state index in [4.69, 9.17) is 0 Å². The van der Waals surface area contributed by atoms with E-state index in [2.05, 4.69) is 14.7 Å². The third kappa shape index (κ3) is 4.96. The summed E-state index contributed by atoms with van der Waals surface area (Å²) in [7, 11) is 0. The van der Waals surface area contributed by atoms with Crippen LogP contribution < -0.4 is 9.62 Å². The molecule has 2 aromatic heterocycles. The Hall–Kier alpha value is -3.27. The average molecular weight is 489 g/mol. The van der Waals surface area contributed by atoms with Gasteiger partial charge in [0.05, 0.1) is 16.7 Å². The summed E-state index contributed by atoms with van der Waals surface area (Å²) in [5.41, 5.74) is -0.646. The fraction of sp³-hybridized carbons (Fsp3) is 0.292. The molecule has 0 radical (unpaired) electrons. The van der Waals surface area contributed by atoms with Crippen LogP contribution in [0.4, 0.5) is 24.8 Å². The van der Waals surface area contributed by atoms with Crippen LogP contribution in [0.5, 0.6) is 0 Å². The fourth-order valence-electron chi connectivity index (χ4n) is 3.86. The lowest BCUT2D eigenvalue weighted by Crippen LogP contribution is -2.32. The van der Waals surface area contributed by atoms with Gasteiger partial charge in [0.1, 0.15) is 16.7 Å². The van der Waals surface area contributed by atoms with Gasteiger partial charge in [-0.1, -0.05) is 30.3 Å². The van der Waals surface area contributed by atoms with Crippen molar-refractivity contribution in [2.24, 2.45) is 5.41 Å². The predicted octanol–water partition coefficient (Wildman–Crippen LogP) is 5.89. The van der Waals surface area contributed by atoms with Crippen LogP contribution in [0.1, 0.15) is 24.5 Å². The fourth-order valence-corrected chi connectivity index (χ4v) is 4.47. The standard InChI is InChI=1S/C24H23F3N4O2S/c1-15-6-3-4-7-16(15)21-17(24(25,26)27)10-11-18(28-21)30-34-20-9-5-8-19(29-20)31-13-12-23(2,14-31)22(32)33/h3-11H,12-14H2,1-2H3,(H,28,30)(H,32,33). The van der Waals surface area contributed by atoms with E-state index in [1.807, 2.05) is 17.0 Å². The molecule has 0 bridgehead atoms. The molecule has 1 aromatic carbocycles. The number of aliphatic carboxylic acids is 1. The Bertz CT molecular complexity index is 1220. The third-order valence-corrected chi connectivity index (χ3v) is 6.63. The molecule has 0 spiro atoms. The lowest BCUT2D eigenvalue weighted by molar-refractivity contribution is -0.146. The first kappa shape index (κ1) is 23.9. The second-order valence-electron chi connectivity index (χ2n) is 8.48. The van der Waals surface area contributed by atoms with Crippen LogP contribution in [0.25, 0.3) is 11.3 Å². The summed E-state index contributed by atoms with van der Waals surface area (Å²) in [6.45, 7) is 4.40. The Labute approximate surface area is 199 Å². The monoisotopic (exact) mass is 488 g/mol. The number of carboxylic acids is 1. The Balaban J connectivity index is 1.55. The van der Waals surface area contributed by atoms with Gasteiger partial charge >= 0.3 is 12.1 Å². The zero-order valence-electron chi connectivity index (χ0n) is 18.6. The van der Waals surface area contributed by atoms with Gasteiger partial charge in [-0.15, -0.1) is 0 Å². The molecule has 178 valence electrons. The van der Waals surface area contributed by atoms with Gasteiger partial charge in [-0.25, -0.2) is 9.97 Å². The maximum Gasteiger partial charge on any atom is 0.418 e. The number of hydrogen-bond donors (Lipinski definition) is 2. The topological polar surface area (TPSA) is 78.4 Å². The molecule has 0 saturated carbocycles. The van der Waals surface area contributed by atoms with Gasteiger partial charge < -0.3 is 14.7 Å². The molecule has 1 fully saturated rings. The van der Waals surface area contributed by atoms with E-state index < -0.39 is 23.1 Å². The Kier molecular flexibility index (Phi) is 6.44. The molecule has 2 N–H and O–H groups in total. The number of hydrogen-bond acceptors (Lipinski definition) is 6. The van der Waals surface area contributed by atoms with Crippen LogP contribution in [-0.2, 0) is 11.0 Å². The van der Waals surface area contributed by atoms with E-state index >= 15 is 0 Å². The van der Waals surface area contributed by atoms with Crippen molar-refractivity contribution in [1.82, 2.24) is 9.97 Å². The first-order valence-corrected chi connectivity index (χ1v) is 11.4. The number of aromatic nitrogens is 2. The molecule has 3 aromatic rings. The zero-order valence-corrected chi connectivity index (χ0v) is 19.4. The maximum atomic E-state index is 13.6. The van der Waals surface area contributed by atoms with Gasteiger partial charge in [-0.3, -0.25) is 4.79 Å². The summed E-state index contributed by atoms with van der Waals surface area (Å²) in [6.07, 6.45) is -4.01. The first-order valence-electron chi connectivity index (χ1n) is 10.6. The molecule has 1 unspecified atom stereocenters. The van der Waals surface area contributed by atoms with Crippen LogP contribution in [0.2, 0.25) is 0 Å². The number of anilines is 2. The number of alkyl halides is 3. The molecule has 6 nitrogen and oxygen atoms in total. The van der Waals surface area contributed by atoms with Crippen LogP contribution >= 0.6 is 11.9 Å². The van der Waals surface area contributed by atoms with Crippen molar-refractivity contribution >= 4 is 29.6 Å². The van der Waals surface area contributed by atoms with Crippen LogP contribution in [-0.4, -0.2) is 34.1 Å². The Morgan fingerprint density at radius 2 is 1.88 bits per heavy atom. The number of nitrogens with zero attached hydrogens (tertiary/aromatic N) is 3. The predicted molar refractivity (Wildman–Crippen MR) is 126 cm³/mol. The van der Waals surface area contributed by atoms with Crippen LogP contribution in [0.15, 0.2) is 59.6 Å². The molecule has 1 atom stereocenters. The highest BCUT2D eigenvalue weighted by molar-refractivity contribution is 8.00. The highest BCUT2D eigenvalue weighted by Crippen LogP contribution is 2.38. The molecule has 10 heteroatoms. The van der Waals surface area contributed by atoms with Gasteiger partial charge in [-0.2, -0.15) is 13.2 Å². The molecular weight excluding hydrogens is 465 g/mol. The summed E-state index contributed by atoms with van der Waals surface area (Å²) in [4.78, 5) is 22.3. The van der Waals surface area contributed by atoms with Crippen molar-refractivity contribution in [2.75, 3.05) is 22.7 Å². The number of nitrogens with one attached hydrogen (secondary N) is 1. The van der Waals surface area contributed by atoms with E-state index in [1.54, 1.807) is 44.2 Å². The SMILES string of the molecule is Cc1ccccc1-c1nc(NSc2cccc(N3CCC(C)(C(=O)O)C3)n2)ccc1C(F)(F)F. The molecule has 0 amide bonds. The summed E-state index contributed by atoms with van der Waals surface area (Å²) in [5, 5.41) is 10.0. The molecule has 1 aliphatic rings. The maximum absolute atomic E-state index is 13.6. The van der Waals surface area contributed by atoms with Gasteiger partial charge in [0.25, 0.3) is 0 Å². The molecule has 0 aliphatic carbocycles. The highest BCUT2D eigenvalue weighted by Gasteiger charge is 2.41. The third-order valence-electron chi connectivity index (χ3n) is 5.88. The van der Waals surface area contributed by atoms with Gasteiger partial charge in [0, 0.05) is 30.6 Å². The van der Waals surface area contributed by atoms with Gasteiger partial charge in [-0.05, 0) is 50.1 Å². The quantitative estimate of drug-likeness (QED) is 0.419. The summed E-state index contributed by atoms with van der Waals surface area (Å²) in [6, 6.07) is 14.5. The number of aryl methyl sites for hydroxylation is 1. The van der Waals surface area contributed by atoms with E-state index in [0.29, 0.717) is 41.5 Å². The van der Waals surface area contributed by atoms with E-state index in [0.717, 1.165) is 18.0 Å².